The summed E-state index contributed by atoms with van der Waals surface area (Å²) in [4.78, 5) is 4.33. The van der Waals surface area contributed by atoms with Gasteiger partial charge in [0.1, 0.15) is 5.82 Å². The van der Waals surface area contributed by atoms with Crippen molar-refractivity contribution in [2.45, 2.75) is 12.8 Å². The molecule has 28 heavy (non-hydrogen) atoms. The van der Waals surface area contributed by atoms with Gasteiger partial charge in [-0.15, -0.1) is 0 Å². The Morgan fingerprint density at radius 2 is 2.07 bits per heavy atom. The van der Waals surface area contributed by atoms with Crippen molar-refractivity contribution in [3.63, 3.8) is 0 Å². The van der Waals surface area contributed by atoms with Crippen LogP contribution in [0.15, 0.2) is 42.7 Å². The molecule has 0 saturated heterocycles. The summed E-state index contributed by atoms with van der Waals surface area (Å²) in [5.74, 6) is -0.403. The molecule has 4 rings (SSSR count). The zero-order chi connectivity index (χ0) is 19.7. The molecular weight excluding hydrogens is 403 g/mol. The van der Waals surface area contributed by atoms with Crippen molar-refractivity contribution in [3.8, 4) is 11.1 Å². The summed E-state index contributed by atoms with van der Waals surface area (Å²) in [6.45, 7) is 0.356. The fraction of sp³-hybridized carbons (Fsp3) is 0.158. The molecule has 144 valence electrons. The average molecular weight is 419 g/mol. The lowest BCUT2D eigenvalue weighted by Crippen LogP contribution is -2.17. The van der Waals surface area contributed by atoms with Gasteiger partial charge in [0, 0.05) is 29.1 Å². The Bertz CT molecular complexity index is 1200. The van der Waals surface area contributed by atoms with E-state index in [2.05, 4.69) is 19.9 Å². The first-order valence-electron chi connectivity index (χ1n) is 8.58. The molecule has 4 aromatic rings. The van der Waals surface area contributed by atoms with Gasteiger partial charge in [0.15, 0.2) is 5.65 Å². The molecule has 0 radical (unpaired) electrons. The molecule has 1 unspecified atom stereocenters. The lowest BCUT2D eigenvalue weighted by Gasteiger charge is -2.12. The van der Waals surface area contributed by atoms with Crippen LogP contribution in [0.5, 0.6) is 0 Å². The van der Waals surface area contributed by atoms with Gasteiger partial charge in [0.25, 0.3) is 0 Å². The van der Waals surface area contributed by atoms with E-state index in [1.54, 1.807) is 18.5 Å². The maximum absolute atomic E-state index is 14.6. The second-order valence-corrected chi connectivity index (χ2v) is 7.50. The molecule has 9 heteroatoms. The number of H-pyrrole nitrogens is 1. The molecular formula is C19H16ClFN4O2S. The normalized spacial score (nSPS) is 12.7. The SMILES string of the molecule is O=S(O)NCCCc1ccc(F)c(-c2ccc3c(cnc4[nH]ncc43)c2)c1Cl. The Morgan fingerprint density at radius 3 is 2.89 bits per heavy atom. The summed E-state index contributed by atoms with van der Waals surface area (Å²) in [6, 6.07) is 8.65. The van der Waals surface area contributed by atoms with Crippen LogP contribution in [0.2, 0.25) is 5.02 Å². The van der Waals surface area contributed by atoms with E-state index in [1.165, 1.54) is 6.07 Å². The highest BCUT2D eigenvalue weighted by atomic mass is 35.5. The summed E-state index contributed by atoms with van der Waals surface area (Å²) in [6.07, 6.45) is 4.58. The Hall–Kier alpha value is -2.39. The highest BCUT2D eigenvalue weighted by Crippen LogP contribution is 2.36. The van der Waals surface area contributed by atoms with Gasteiger partial charge in [-0.2, -0.15) is 5.10 Å². The predicted molar refractivity (Wildman–Crippen MR) is 109 cm³/mol. The topological polar surface area (TPSA) is 90.9 Å². The maximum Gasteiger partial charge on any atom is 0.231 e. The lowest BCUT2D eigenvalue weighted by atomic mass is 9.97. The first-order chi connectivity index (χ1) is 13.5. The molecule has 0 amide bonds. The van der Waals surface area contributed by atoms with Crippen LogP contribution in [-0.4, -0.2) is 30.5 Å². The van der Waals surface area contributed by atoms with E-state index in [0.717, 1.165) is 21.7 Å². The Morgan fingerprint density at radius 1 is 1.21 bits per heavy atom. The molecule has 0 aliphatic carbocycles. The summed E-state index contributed by atoms with van der Waals surface area (Å²) in [5, 5.41) is 9.93. The summed E-state index contributed by atoms with van der Waals surface area (Å²) in [5.41, 5.74) is 2.49. The van der Waals surface area contributed by atoms with Crippen LogP contribution in [0, 0.1) is 5.82 Å². The minimum absolute atomic E-state index is 0.340. The number of pyridine rings is 1. The maximum atomic E-state index is 14.6. The third-order valence-corrected chi connectivity index (χ3v) is 5.48. The van der Waals surface area contributed by atoms with Gasteiger partial charge in [-0.1, -0.05) is 29.8 Å². The largest absolute Gasteiger partial charge is 0.294 e. The fourth-order valence-corrected chi connectivity index (χ4v) is 3.95. The van der Waals surface area contributed by atoms with Crippen molar-refractivity contribution in [1.29, 1.82) is 0 Å². The third kappa shape index (κ3) is 3.64. The van der Waals surface area contributed by atoms with Gasteiger partial charge in [-0.05, 0) is 41.5 Å². The monoisotopic (exact) mass is 418 g/mol. The molecule has 1 atom stereocenters. The third-order valence-electron chi connectivity index (χ3n) is 4.60. The number of aryl methyl sites for hydroxylation is 1. The summed E-state index contributed by atoms with van der Waals surface area (Å²) < 4.78 is 36.4. The van der Waals surface area contributed by atoms with Gasteiger partial charge >= 0.3 is 0 Å². The summed E-state index contributed by atoms with van der Waals surface area (Å²) in [7, 11) is 0. The van der Waals surface area contributed by atoms with Gasteiger partial charge in [0.05, 0.1) is 11.2 Å². The van der Waals surface area contributed by atoms with Crippen molar-refractivity contribution in [2.75, 3.05) is 6.54 Å². The Kier molecular flexibility index (Phi) is 5.36. The smallest absolute Gasteiger partial charge is 0.231 e. The van der Waals surface area contributed by atoms with Crippen LogP contribution in [0.25, 0.3) is 32.9 Å². The predicted octanol–water partition coefficient (Wildman–Crippen LogP) is 4.23. The molecule has 0 fully saturated rings. The van der Waals surface area contributed by atoms with Gasteiger partial charge in [-0.3, -0.25) is 9.65 Å². The highest BCUT2D eigenvalue weighted by molar-refractivity contribution is 7.77. The van der Waals surface area contributed by atoms with Crippen LogP contribution in [0.4, 0.5) is 4.39 Å². The summed E-state index contributed by atoms with van der Waals surface area (Å²) >= 11 is 4.48. The Balaban J connectivity index is 1.70. The van der Waals surface area contributed by atoms with Crippen LogP contribution in [0.3, 0.4) is 0 Å². The fourth-order valence-electron chi connectivity index (χ4n) is 3.27. The van der Waals surface area contributed by atoms with Crippen LogP contribution in [-0.2, 0) is 17.7 Å². The molecule has 0 spiro atoms. The Labute approximate surface area is 167 Å². The van der Waals surface area contributed by atoms with E-state index in [1.807, 2.05) is 18.2 Å². The number of hydrogen-bond donors (Lipinski definition) is 3. The van der Waals surface area contributed by atoms with E-state index >= 15 is 0 Å². The molecule has 0 saturated carbocycles. The first-order valence-corrected chi connectivity index (χ1v) is 10.1. The van der Waals surface area contributed by atoms with Crippen LogP contribution in [0.1, 0.15) is 12.0 Å². The average Bonchev–Trinajstić information content (AvgIpc) is 3.15. The number of rotatable bonds is 6. The van der Waals surface area contributed by atoms with E-state index in [-0.39, 0.29) is 0 Å². The molecule has 3 N–H and O–H groups in total. The van der Waals surface area contributed by atoms with Crippen molar-refractivity contribution >= 4 is 44.7 Å². The molecule has 0 bridgehead atoms. The molecule has 2 aromatic carbocycles. The van der Waals surface area contributed by atoms with E-state index < -0.39 is 17.1 Å². The minimum atomic E-state index is -2.04. The molecule has 0 aliphatic rings. The van der Waals surface area contributed by atoms with E-state index in [0.29, 0.717) is 41.2 Å². The number of hydrogen-bond acceptors (Lipinski definition) is 3. The number of benzene rings is 2. The van der Waals surface area contributed by atoms with Gasteiger partial charge in [0.2, 0.25) is 11.3 Å². The number of nitrogens with one attached hydrogen (secondary N) is 2. The van der Waals surface area contributed by atoms with Crippen molar-refractivity contribution < 1.29 is 13.2 Å². The van der Waals surface area contributed by atoms with Gasteiger partial charge in [-0.25, -0.2) is 18.3 Å². The number of aromatic nitrogens is 3. The van der Waals surface area contributed by atoms with Crippen LogP contribution < -0.4 is 4.72 Å². The molecule has 6 nitrogen and oxygen atoms in total. The van der Waals surface area contributed by atoms with E-state index in [9.17, 15) is 8.60 Å². The van der Waals surface area contributed by atoms with Crippen LogP contribution >= 0.6 is 11.6 Å². The van der Waals surface area contributed by atoms with Crippen molar-refractivity contribution in [2.24, 2.45) is 0 Å². The molecule has 0 aliphatic heterocycles. The standard InChI is InChI=1S/C19H16ClFN4O2S/c20-18-11(2-1-7-24-28(26)27)4-6-16(21)17(18)12-3-5-14-13(8-12)9-22-19-15(14)10-23-25-19/h3-6,8-10,24H,1-2,7H2,(H,26,27)(H,22,23,25). The minimum Gasteiger partial charge on any atom is -0.294 e. The molecule has 2 heterocycles. The van der Waals surface area contributed by atoms with Gasteiger partial charge < -0.3 is 0 Å². The zero-order valence-electron chi connectivity index (χ0n) is 14.6. The van der Waals surface area contributed by atoms with Crippen molar-refractivity contribution in [3.05, 3.63) is 59.1 Å². The number of nitrogens with zero attached hydrogens (tertiary/aromatic N) is 2. The zero-order valence-corrected chi connectivity index (χ0v) is 16.1. The number of fused-ring (bicyclic) bond motifs is 3. The second kappa shape index (κ2) is 7.92. The quantitative estimate of drug-likeness (QED) is 0.323. The first kappa shape index (κ1) is 18.9. The second-order valence-electron chi connectivity index (χ2n) is 6.34. The molecule has 2 aromatic heterocycles. The number of aromatic amines is 1. The van der Waals surface area contributed by atoms with Crippen molar-refractivity contribution in [1.82, 2.24) is 19.9 Å². The lowest BCUT2D eigenvalue weighted by molar-refractivity contribution is 0.547. The van der Waals surface area contributed by atoms with E-state index in [4.69, 9.17) is 16.2 Å². The number of halogens is 2. The highest BCUT2D eigenvalue weighted by Gasteiger charge is 2.15.